The zero-order chi connectivity index (χ0) is 10.9. The van der Waals surface area contributed by atoms with Crippen molar-refractivity contribution in [2.45, 2.75) is 19.4 Å². The molecule has 1 saturated heterocycles. The summed E-state index contributed by atoms with van der Waals surface area (Å²) in [6, 6.07) is 0.562. The lowest BCUT2D eigenvalue weighted by Gasteiger charge is -2.17. The van der Waals surface area contributed by atoms with Crippen LogP contribution in [-0.2, 0) is 4.74 Å². The quantitative estimate of drug-likeness (QED) is 0.611. The van der Waals surface area contributed by atoms with Crippen LogP contribution in [0.15, 0.2) is 0 Å². The molecule has 3 nitrogen and oxygen atoms in total. The molecule has 0 radical (unpaired) electrons. The Labute approximate surface area is 97.7 Å². The fraction of sp³-hybridized carbons (Fsp3) is 1.00. The molecular formula is C11H24N2OS. The average Bonchev–Trinajstić information content (AvgIpc) is 2.74. The lowest BCUT2D eigenvalue weighted by molar-refractivity contribution is 0.198. The summed E-state index contributed by atoms with van der Waals surface area (Å²) in [5, 5.41) is 6.95. The highest BCUT2D eigenvalue weighted by Crippen LogP contribution is 2.22. The van der Waals surface area contributed by atoms with Gasteiger partial charge in [0.15, 0.2) is 0 Å². The molecule has 0 saturated carbocycles. The van der Waals surface area contributed by atoms with Gasteiger partial charge in [0.25, 0.3) is 0 Å². The molecule has 2 unspecified atom stereocenters. The third-order valence-corrected chi connectivity index (χ3v) is 3.94. The summed E-state index contributed by atoms with van der Waals surface area (Å²) >= 11 is 2.09. The van der Waals surface area contributed by atoms with Crippen molar-refractivity contribution in [2.75, 3.05) is 44.9 Å². The molecule has 1 fully saturated rings. The second-order valence-corrected chi connectivity index (χ2v) is 5.39. The average molecular weight is 232 g/mol. The second-order valence-electron chi connectivity index (χ2n) is 4.24. The smallest absolute Gasteiger partial charge is 0.0587 e. The van der Waals surface area contributed by atoms with Crippen LogP contribution in [0.2, 0.25) is 0 Å². The molecule has 0 aromatic rings. The molecule has 0 amide bonds. The van der Waals surface area contributed by atoms with Crippen LogP contribution in [-0.4, -0.2) is 50.9 Å². The molecular weight excluding hydrogens is 208 g/mol. The highest BCUT2D eigenvalue weighted by molar-refractivity contribution is 7.99. The van der Waals surface area contributed by atoms with Gasteiger partial charge in [-0.25, -0.2) is 0 Å². The predicted molar refractivity (Wildman–Crippen MR) is 67.6 cm³/mol. The Morgan fingerprint density at radius 3 is 3.07 bits per heavy atom. The van der Waals surface area contributed by atoms with E-state index in [1.165, 1.54) is 24.5 Å². The highest BCUT2D eigenvalue weighted by Gasteiger charge is 2.15. The number of ether oxygens (including phenoxy) is 1. The van der Waals surface area contributed by atoms with Crippen molar-refractivity contribution in [1.29, 1.82) is 0 Å². The molecule has 0 aliphatic carbocycles. The second kappa shape index (κ2) is 8.39. The molecule has 0 spiro atoms. The Kier molecular flexibility index (Phi) is 7.44. The molecule has 2 N–H and O–H groups in total. The first-order chi connectivity index (χ1) is 7.33. The Morgan fingerprint density at radius 2 is 2.40 bits per heavy atom. The van der Waals surface area contributed by atoms with Crippen LogP contribution in [0, 0.1) is 5.92 Å². The monoisotopic (exact) mass is 232 g/mol. The third kappa shape index (κ3) is 6.40. The first-order valence-corrected chi connectivity index (χ1v) is 6.99. The van der Waals surface area contributed by atoms with E-state index in [2.05, 4.69) is 29.3 Å². The molecule has 0 aromatic carbocycles. The molecule has 1 rings (SSSR count). The van der Waals surface area contributed by atoms with Crippen molar-refractivity contribution in [2.24, 2.45) is 5.92 Å². The largest absolute Gasteiger partial charge is 0.383 e. The van der Waals surface area contributed by atoms with E-state index in [4.69, 9.17) is 4.74 Å². The Balaban J connectivity index is 1.90. The third-order valence-electron chi connectivity index (χ3n) is 2.71. The first-order valence-electron chi connectivity index (χ1n) is 5.83. The minimum absolute atomic E-state index is 0.562. The molecule has 4 heteroatoms. The maximum Gasteiger partial charge on any atom is 0.0587 e. The minimum Gasteiger partial charge on any atom is -0.383 e. The minimum atomic E-state index is 0.562. The predicted octanol–water partition coefficient (Wildman–Crippen LogP) is 0.954. The van der Waals surface area contributed by atoms with Crippen LogP contribution >= 0.6 is 11.8 Å². The summed E-state index contributed by atoms with van der Waals surface area (Å²) in [6.45, 7) is 6.19. The number of hydrogen-bond acceptors (Lipinski definition) is 4. The molecule has 2 atom stereocenters. The van der Waals surface area contributed by atoms with Crippen molar-refractivity contribution in [3.8, 4) is 0 Å². The van der Waals surface area contributed by atoms with Crippen LogP contribution in [0.4, 0.5) is 0 Å². The van der Waals surface area contributed by atoms with E-state index < -0.39 is 0 Å². The maximum absolute atomic E-state index is 4.98. The van der Waals surface area contributed by atoms with Crippen LogP contribution in [0.3, 0.4) is 0 Å². The molecule has 1 aliphatic rings. The Morgan fingerprint density at radius 1 is 1.53 bits per heavy atom. The highest BCUT2D eigenvalue weighted by atomic mass is 32.2. The van der Waals surface area contributed by atoms with Crippen molar-refractivity contribution in [3.63, 3.8) is 0 Å². The van der Waals surface area contributed by atoms with Crippen molar-refractivity contribution >= 4 is 11.8 Å². The Bertz CT molecular complexity index is 152. The molecule has 1 heterocycles. The standard InChI is InChI=1S/C11H24N2OS/c1-10(7-12-4-5-14-2)13-8-11-3-6-15-9-11/h10-13H,3-9H2,1-2H3. The molecule has 15 heavy (non-hydrogen) atoms. The van der Waals surface area contributed by atoms with E-state index in [1.807, 2.05) is 0 Å². The van der Waals surface area contributed by atoms with Gasteiger partial charge in [-0.05, 0) is 37.3 Å². The van der Waals surface area contributed by atoms with Gasteiger partial charge in [0.1, 0.15) is 0 Å². The summed E-state index contributed by atoms with van der Waals surface area (Å²) in [6.07, 6.45) is 1.39. The summed E-state index contributed by atoms with van der Waals surface area (Å²) < 4.78 is 4.98. The topological polar surface area (TPSA) is 33.3 Å². The van der Waals surface area contributed by atoms with Crippen LogP contribution in [0.5, 0.6) is 0 Å². The van der Waals surface area contributed by atoms with Gasteiger partial charge < -0.3 is 15.4 Å². The van der Waals surface area contributed by atoms with E-state index in [-0.39, 0.29) is 0 Å². The van der Waals surface area contributed by atoms with E-state index in [1.54, 1.807) is 7.11 Å². The van der Waals surface area contributed by atoms with Gasteiger partial charge in [-0.1, -0.05) is 0 Å². The number of thioether (sulfide) groups is 1. The van der Waals surface area contributed by atoms with Crippen LogP contribution < -0.4 is 10.6 Å². The van der Waals surface area contributed by atoms with Gasteiger partial charge in [-0.2, -0.15) is 11.8 Å². The van der Waals surface area contributed by atoms with Crippen LogP contribution in [0.1, 0.15) is 13.3 Å². The maximum atomic E-state index is 4.98. The summed E-state index contributed by atoms with van der Waals surface area (Å²) in [7, 11) is 1.74. The molecule has 1 aliphatic heterocycles. The van der Waals surface area contributed by atoms with E-state index >= 15 is 0 Å². The Hall–Kier alpha value is 0.230. The number of nitrogens with one attached hydrogen (secondary N) is 2. The fourth-order valence-corrected chi connectivity index (χ4v) is 2.96. The van der Waals surface area contributed by atoms with Crippen LogP contribution in [0.25, 0.3) is 0 Å². The van der Waals surface area contributed by atoms with Crippen molar-refractivity contribution in [1.82, 2.24) is 10.6 Å². The summed E-state index contributed by atoms with van der Waals surface area (Å²) in [5.41, 5.74) is 0. The van der Waals surface area contributed by atoms with E-state index in [0.29, 0.717) is 6.04 Å². The molecule has 0 bridgehead atoms. The number of hydrogen-bond donors (Lipinski definition) is 2. The zero-order valence-corrected chi connectivity index (χ0v) is 10.7. The van der Waals surface area contributed by atoms with Gasteiger partial charge in [-0.3, -0.25) is 0 Å². The van der Waals surface area contributed by atoms with Crippen molar-refractivity contribution < 1.29 is 4.74 Å². The van der Waals surface area contributed by atoms with Gasteiger partial charge in [0.2, 0.25) is 0 Å². The van der Waals surface area contributed by atoms with Gasteiger partial charge in [0.05, 0.1) is 6.61 Å². The lowest BCUT2D eigenvalue weighted by Crippen LogP contribution is -2.39. The molecule has 90 valence electrons. The van der Waals surface area contributed by atoms with E-state index in [0.717, 1.165) is 25.6 Å². The zero-order valence-electron chi connectivity index (χ0n) is 9.92. The fourth-order valence-electron chi connectivity index (χ4n) is 1.68. The summed E-state index contributed by atoms with van der Waals surface area (Å²) in [5.74, 6) is 3.60. The first kappa shape index (κ1) is 13.3. The normalized spacial score (nSPS) is 23.2. The van der Waals surface area contributed by atoms with Gasteiger partial charge in [-0.15, -0.1) is 0 Å². The lowest BCUT2D eigenvalue weighted by atomic mass is 10.1. The van der Waals surface area contributed by atoms with Gasteiger partial charge in [0, 0.05) is 26.2 Å². The van der Waals surface area contributed by atoms with Crippen molar-refractivity contribution in [3.05, 3.63) is 0 Å². The number of rotatable bonds is 8. The number of methoxy groups -OCH3 is 1. The van der Waals surface area contributed by atoms with Gasteiger partial charge >= 0.3 is 0 Å². The summed E-state index contributed by atoms with van der Waals surface area (Å²) in [4.78, 5) is 0. The SMILES string of the molecule is COCCNCC(C)NCC1CCSC1. The molecule has 0 aromatic heterocycles. The van der Waals surface area contributed by atoms with E-state index in [9.17, 15) is 0 Å².